The average molecular weight is 139 g/mol. The highest BCUT2D eigenvalue weighted by molar-refractivity contribution is 4.92. The van der Waals surface area contributed by atoms with Crippen molar-refractivity contribution in [3.8, 4) is 0 Å². The molecule has 1 radical (unpaired) electrons. The first-order valence-corrected chi connectivity index (χ1v) is 4.20. The molecule has 0 spiro atoms. The van der Waals surface area contributed by atoms with Gasteiger partial charge in [-0.15, -0.1) is 0 Å². The molecule has 0 atom stereocenters. The summed E-state index contributed by atoms with van der Waals surface area (Å²) >= 11 is 0. The van der Waals surface area contributed by atoms with Crippen molar-refractivity contribution in [1.29, 1.82) is 0 Å². The lowest BCUT2D eigenvalue weighted by atomic mass is 10.1. The molecule has 0 aliphatic rings. The van der Waals surface area contributed by atoms with Gasteiger partial charge in [-0.3, -0.25) is 0 Å². The monoisotopic (exact) mass is 139 g/mol. The standard InChI is InChI=1S/C10H19/c1-4-5-6-7-8-9-10(2)3/h9H,1,4-8H2,2-3H3. The minimum absolute atomic E-state index is 1.09. The first kappa shape index (κ1) is 9.74. The second-order valence-corrected chi connectivity index (χ2v) is 2.98. The molecule has 0 nitrogen and oxygen atoms in total. The molecule has 59 valence electrons. The Balaban J connectivity index is 2.98. The minimum Gasteiger partial charge on any atom is -0.0859 e. The van der Waals surface area contributed by atoms with Crippen molar-refractivity contribution in [2.24, 2.45) is 0 Å². The highest BCUT2D eigenvalue weighted by Gasteiger charge is 1.84. The van der Waals surface area contributed by atoms with Crippen molar-refractivity contribution in [3.63, 3.8) is 0 Å². The Bertz CT molecular complexity index is 86.2. The van der Waals surface area contributed by atoms with Crippen LogP contribution in [0.5, 0.6) is 0 Å². The van der Waals surface area contributed by atoms with Crippen molar-refractivity contribution < 1.29 is 0 Å². The third-order valence-corrected chi connectivity index (χ3v) is 1.51. The van der Waals surface area contributed by atoms with Gasteiger partial charge in [0, 0.05) is 0 Å². The van der Waals surface area contributed by atoms with Crippen LogP contribution in [-0.2, 0) is 0 Å². The average Bonchev–Trinajstić information content (AvgIpc) is 1.87. The van der Waals surface area contributed by atoms with Crippen molar-refractivity contribution in [2.75, 3.05) is 0 Å². The number of allylic oxidation sites excluding steroid dienone is 2. The van der Waals surface area contributed by atoms with Crippen molar-refractivity contribution in [3.05, 3.63) is 18.6 Å². The van der Waals surface area contributed by atoms with Crippen LogP contribution in [0.4, 0.5) is 0 Å². The fraction of sp³-hybridized carbons (Fsp3) is 0.700. The highest BCUT2D eigenvalue weighted by atomic mass is 13.9. The second-order valence-electron chi connectivity index (χ2n) is 2.98. The summed E-state index contributed by atoms with van der Waals surface area (Å²) in [6, 6.07) is 0. The number of unbranched alkanes of at least 4 members (excludes halogenated alkanes) is 4. The lowest BCUT2D eigenvalue weighted by Gasteiger charge is -1.94. The van der Waals surface area contributed by atoms with Gasteiger partial charge in [0.05, 0.1) is 0 Å². The van der Waals surface area contributed by atoms with E-state index in [0.29, 0.717) is 0 Å². The fourth-order valence-electron chi connectivity index (χ4n) is 0.889. The van der Waals surface area contributed by atoms with E-state index in [4.69, 9.17) is 0 Å². The van der Waals surface area contributed by atoms with Crippen LogP contribution in [0, 0.1) is 6.92 Å². The van der Waals surface area contributed by atoms with Crippen molar-refractivity contribution >= 4 is 0 Å². The summed E-state index contributed by atoms with van der Waals surface area (Å²) < 4.78 is 0. The third-order valence-electron chi connectivity index (χ3n) is 1.51. The van der Waals surface area contributed by atoms with Gasteiger partial charge in [0.15, 0.2) is 0 Å². The molecule has 0 saturated carbocycles. The topological polar surface area (TPSA) is 0 Å². The molecule has 0 aliphatic heterocycles. The molecule has 0 aromatic rings. The Kier molecular flexibility index (Phi) is 6.68. The minimum atomic E-state index is 1.09. The summed E-state index contributed by atoms with van der Waals surface area (Å²) in [5, 5.41) is 0. The van der Waals surface area contributed by atoms with Gasteiger partial charge in [-0.2, -0.15) is 0 Å². The lowest BCUT2D eigenvalue weighted by Crippen LogP contribution is -1.74. The van der Waals surface area contributed by atoms with Crippen LogP contribution in [-0.4, -0.2) is 0 Å². The Morgan fingerprint density at radius 2 is 1.90 bits per heavy atom. The summed E-state index contributed by atoms with van der Waals surface area (Å²) in [6.45, 7) is 8.11. The van der Waals surface area contributed by atoms with Crippen LogP contribution in [0.1, 0.15) is 46.0 Å². The molecule has 0 unspecified atom stereocenters. The van der Waals surface area contributed by atoms with E-state index in [1.54, 1.807) is 0 Å². The fourth-order valence-corrected chi connectivity index (χ4v) is 0.889. The molecule has 0 amide bonds. The molecule has 0 N–H and O–H groups in total. The van der Waals surface area contributed by atoms with E-state index in [1.165, 1.54) is 31.3 Å². The van der Waals surface area contributed by atoms with Gasteiger partial charge < -0.3 is 0 Å². The van der Waals surface area contributed by atoms with Gasteiger partial charge in [0.1, 0.15) is 0 Å². The van der Waals surface area contributed by atoms with Crippen molar-refractivity contribution in [1.82, 2.24) is 0 Å². The van der Waals surface area contributed by atoms with E-state index in [1.807, 2.05) is 0 Å². The predicted octanol–water partition coefficient (Wildman–Crippen LogP) is 3.74. The summed E-state index contributed by atoms with van der Waals surface area (Å²) in [7, 11) is 0. The van der Waals surface area contributed by atoms with Crippen LogP contribution in [0.15, 0.2) is 11.6 Å². The van der Waals surface area contributed by atoms with Gasteiger partial charge in [0.25, 0.3) is 0 Å². The second kappa shape index (κ2) is 6.85. The first-order chi connectivity index (χ1) is 4.77. The molecule has 0 aromatic carbocycles. The molecule has 0 aliphatic carbocycles. The van der Waals surface area contributed by atoms with E-state index in [0.717, 1.165) is 6.42 Å². The van der Waals surface area contributed by atoms with E-state index >= 15 is 0 Å². The molecule has 0 heterocycles. The van der Waals surface area contributed by atoms with Crippen LogP contribution < -0.4 is 0 Å². The van der Waals surface area contributed by atoms with Gasteiger partial charge in [-0.05, 0) is 26.7 Å². The predicted molar refractivity (Wildman–Crippen MR) is 47.9 cm³/mol. The summed E-state index contributed by atoms with van der Waals surface area (Å²) in [6.07, 6.45) is 8.62. The molecular formula is C10H19. The maximum absolute atomic E-state index is 3.80. The molecule has 0 aromatic heterocycles. The molecule has 0 rings (SSSR count). The zero-order valence-corrected chi connectivity index (χ0v) is 7.32. The normalized spacial score (nSPS) is 9.50. The van der Waals surface area contributed by atoms with Crippen LogP contribution in [0.25, 0.3) is 0 Å². The van der Waals surface area contributed by atoms with Gasteiger partial charge in [-0.25, -0.2) is 0 Å². The maximum atomic E-state index is 3.80. The first-order valence-electron chi connectivity index (χ1n) is 4.20. The Morgan fingerprint density at radius 1 is 1.20 bits per heavy atom. The Morgan fingerprint density at radius 3 is 2.40 bits per heavy atom. The van der Waals surface area contributed by atoms with Gasteiger partial charge in [-0.1, -0.05) is 37.8 Å². The Labute approximate surface area is 65.3 Å². The molecule has 0 heteroatoms. The quantitative estimate of drug-likeness (QED) is 0.402. The van der Waals surface area contributed by atoms with E-state index in [2.05, 4.69) is 26.8 Å². The molecule has 0 saturated heterocycles. The smallest absolute Gasteiger partial charge is 0.0348 e. The van der Waals surface area contributed by atoms with Gasteiger partial charge in [0.2, 0.25) is 0 Å². The highest BCUT2D eigenvalue weighted by Crippen LogP contribution is 2.04. The largest absolute Gasteiger partial charge is 0.0859 e. The van der Waals surface area contributed by atoms with Crippen molar-refractivity contribution in [2.45, 2.75) is 46.0 Å². The molecule has 0 fully saturated rings. The number of hydrogen-bond acceptors (Lipinski definition) is 0. The summed E-state index contributed by atoms with van der Waals surface area (Å²) in [4.78, 5) is 0. The molecule has 10 heavy (non-hydrogen) atoms. The SMILES string of the molecule is [CH2]CCCCCC=C(C)C. The van der Waals surface area contributed by atoms with E-state index in [-0.39, 0.29) is 0 Å². The Hall–Kier alpha value is -0.260. The van der Waals surface area contributed by atoms with Crippen LogP contribution >= 0.6 is 0 Å². The van der Waals surface area contributed by atoms with Gasteiger partial charge >= 0.3 is 0 Å². The maximum Gasteiger partial charge on any atom is -0.0348 e. The zero-order chi connectivity index (χ0) is 7.82. The number of rotatable bonds is 5. The summed E-state index contributed by atoms with van der Waals surface area (Å²) in [5.41, 5.74) is 1.44. The summed E-state index contributed by atoms with van der Waals surface area (Å²) in [5.74, 6) is 0. The van der Waals surface area contributed by atoms with E-state index < -0.39 is 0 Å². The molecular weight excluding hydrogens is 120 g/mol. The third kappa shape index (κ3) is 7.74. The lowest BCUT2D eigenvalue weighted by molar-refractivity contribution is 0.693. The van der Waals surface area contributed by atoms with Crippen LogP contribution in [0.2, 0.25) is 0 Å². The van der Waals surface area contributed by atoms with E-state index in [9.17, 15) is 0 Å². The molecule has 0 bridgehead atoms. The number of hydrogen-bond donors (Lipinski definition) is 0. The van der Waals surface area contributed by atoms with Crippen LogP contribution in [0.3, 0.4) is 0 Å². The zero-order valence-electron chi connectivity index (χ0n) is 7.32.